The van der Waals surface area contributed by atoms with Crippen molar-refractivity contribution in [3.05, 3.63) is 0 Å². The van der Waals surface area contributed by atoms with Crippen molar-refractivity contribution in [2.75, 3.05) is 0 Å². The van der Waals surface area contributed by atoms with E-state index in [1.807, 2.05) is 0 Å². The van der Waals surface area contributed by atoms with Gasteiger partial charge in [-0.25, -0.2) is 0 Å². The van der Waals surface area contributed by atoms with Crippen LogP contribution in [0.1, 0.15) is 71.6 Å². The van der Waals surface area contributed by atoms with Crippen molar-refractivity contribution in [3.63, 3.8) is 0 Å². The third-order valence-corrected chi connectivity index (χ3v) is 4.44. The van der Waals surface area contributed by atoms with Crippen LogP contribution in [-0.2, 0) is 9.53 Å². The Kier molecular flexibility index (Phi) is 9.17. The van der Waals surface area contributed by atoms with E-state index in [1.54, 1.807) is 6.92 Å². The molecule has 0 aromatic rings. The monoisotopic (exact) mass is 316 g/mol. The molecule has 1 rings (SSSR count). The van der Waals surface area contributed by atoms with E-state index in [4.69, 9.17) is 4.74 Å². The van der Waals surface area contributed by atoms with Crippen molar-refractivity contribution in [3.8, 4) is 0 Å². The molecule has 1 heterocycles. The number of unbranched alkanes of at least 4 members (excludes halogenated alkanes) is 6. The van der Waals surface area contributed by atoms with Crippen LogP contribution >= 0.6 is 0 Å². The molecule has 0 spiro atoms. The normalized spacial score (nSPS) is 32.1. The molecule has 130 valence electrons. The predicted octanol–water partition coefficient (Wildman–Crippen LogP) is 1.96. The van der Waals surface area contributed by atoms with Crippen molar-refractivity contribution in [1.82, 2.24) is 0 Å². The largest absolute Gasteiger partial charge is 0.388 e. The van der Waals surface area contributed by atoms with Gasteiger partial charge in [-0.2, -0.15) is 0 Å². The lowest BCUT2D eigenvalue weighted by Crippen LogP contribution is -2.56. The van der Waals surface area contributed by atoms with Crippen LogP contribution in [0, 0.1) is 0 Å². The van der Waals surface area contributed by atoms with E-state index in [0.29, 0.717) is 6.42 Å². The summed E-state index contributed by atoms with van der Waals surface area (Å²) in [6.45, 7) is 3.82. The minimum atomic E-state index is -1.25. The SMILES string of the molecule is CCCCCCCCCC(=O)C[C@@H]1O[C@@H](C)[C@H](O)[C@@H](O)[C@H]1O. The lowest BCUT2D eigenvalue weighted by Gasteiger charge is -2.39. The van der Waals surface area contributed by atoms with E-state index in [9.17, 15) is 20.1 Å². The molecule has 5 atom stereocenters. The van der Waals surface area contributed by atoms with Crippen LogP contribution in [0.3, 0.4) is 0 Å². The van der Waals surface area contributed by atoms with Crippen LogP contribution in [0.5, 0.6) is 0 Å². The van der Waals surface area contributed by atoms with E-state index < -0.39 is 30.5 Å². The highest BCUT2D eigenvalue weighted by atomic mass is 16.5. The molecule has 0 aromatic heterocycles. The lowest BCUT2D eigenvalue weighted by atomic mass is 9.92. The molecule has 0 radical (unpaired) electrons. The smallest absolute Gasteiger partial charge is 0.135 e. The zero-order valence-corrected chi connectivity index (χ0v) is 13.9. The highest BCUT2D eigenvalue weighted by Crippen LogP contribution is 2.23. The number of hydrogen-bond acceptors (Lipinski definition) is 5. The molecule has 0 saturated carbocycles. The van der Waals surface area contributed by atoms with Gasteiger partial charge in [0.1, 0.15) is 24.1 Å². The first kappa shape index (κ1) is 19.6. The molecule has 5 heteroatoms. The minimum absolute atomic E-state index is 0.0494. The summed E-state index contributed by atoms with van der Waals surface area (Å²) in [6, 6.07) is 0. The van der Waals surface area contributed by atoms with Gasteiger partial charge >= 0.3 is 0 Å². The Morgan fingerprint density at radius 1 is 0.909 bits per heavy atom. The van der Waals surface area contributed by atoms with Crippen LogP contribution in [0.4, 0.5) is 0 Å². The summed E-state index contributed by atoms with van der Waals surface area (Å²) < 4.78 is 5.44. The molecule has 0 unspecified atom stereocenters. The maximum absolute atomic E-state index is 12.0. The first-order valence-corrected chi connectivity index (χ1v) is 8.68. The average Bonchev–Trinajstić information content (AvgIpc) is 2.49. The van der Waals surface area contributed by atoms with Gasteiger partial charge in [0.2, 0.25) is 0 Å². The highest BCUT2D eigenvalue weighted by molar-refractivity contribution is 5.78. The second-order valence-corrected chi connectivity index (χ2v) is 6.47. The summed E-state index contributed by atoms with van der Waals surface area (Å²) in [5.41, 5.74) is 0. The molecule has 1 saturated heterocycles. The van der Waals surface area contributed by atoms with Crippen molar-refractivity contribution < 1.29 is 24.9 Å². The summed E-state index contributed by atoms with van der Waals surface area (Å²) in [5, 5.41) is 29.2. The van der Waals surface area contributed by atoms with Gasteiger partial charge in [-0.3, -0.25) is 4.79 Å². The van der Waals surface area contributed by atoms with Crippen LogP contribution < -0.4 is 0 Å². The summed E-state index contributed by atoms with van der Waals surface area (Å²) in [6.07, 6.45) is 3.85. The van der Waals surface area contributed by atoms with Crippen LogP contribution in [-0.4, -0.2) is 51.6 Å². The van der Waals surface area contributed by atoms with E-state index in [-0.39, 0.29) is 12.2 Å². The van der Waals surface area contributed by atoms with Crippen molar-refractivity contribution in [2.24, 2.45) is 0 Å². The fourth-order valence-corrected chi connectivity index (χ4v) is 2.91. The summed E-state index contributed by atoms with van der Waals surface area (Å²) in [5.74, 6) is 0.0494. The number of aliphatic hydroxyl groups excluding tert-OH is 3. The lowest BCUT2D eigenvalue weighted by molar-refractivity contribution is -0.217. The Hall–Kier alpha value is -0.490. The van der Waals surface area contributed by atoms with Crippen molar-refractivity contribution in [1.29, 1.82) is 0 Å². The van der Waals surface area contributed by atoms with E-state index in [2.05, 4.69) is 6.92 Å². The van der Waals surface area contributed by atoms with E-state index >= 15 is 0 Å². The second-order valence-electron chi connectivity index (χ2n) is 6.47. The Bertz CT molecular complexity index is 320. The molecule has 1 fully saturated rings. The minimum Gasteiger partial charge on any atom is -0.388 e. The summed E-state index contributed by atoms with van der Waals surface area (Å²) in [4.78, 5) is 12.0. The topological polar surface area (TPSA) is 87.0 Å². The van der Waals surface area contributed by atoms with Gasteiger partial charge in [-0.15, -0.1) is 0 Å². The van der Waals surface area contributed by atoms with Gasteiger partial charge in [-0.1, -0.05) is 45.4 Å². The Morgan fingerprint density at radius 3 is 2.14 bits per heavy atom. The summed E-state index contributed by atoms with van der Waals surface area (Å²) in [7, 11) is 0. The van der Waals surface area contributed by atoms with E-state index in [0.717, 1.165) is 19.3 Å². The van der Waals surface area contributed by atoms with Gasteiger partial charge < -0.3 is 20.1 Å². The molecule has 5 nitrogen and oxygen atoms in total. The number of Topliss-reactive ketones (excluding diaryl/α,β-unsaturated/α-hetero) is 1. The molecule has 0 bridgehead atoms. The predicted molar refractivity (Wildman–Crippen MR) is 84.6 cm³/mol. The molecular formula is C17H32O5. The zero-order chi connectivity index (χ0) is 16.5. The highest BCUT2D eigenvalue weighted by Gasteiger charge is 2.42. The fraction of sp³-hybridized carbons (Fsp3) is 0.941. The first-order chi connectivity index (χ1) is 10.5. The Morgan fingerprint density at radius 2 is 1.50 bits per heavy atom. The third kappa shape index (κ3) is 6.32. The Balaban J connectivity index is 2.19. The van der Waals surface area contributed by atoms with Crippen molar-refractivity contribution >= 4 is 5.78 Å². The quantitative estimate of drug-likeness (QED) is 0.536. The summed E-state index contributed by atoms with van der Waals surface area (Å²) >= 11 is 0. The molecule has 22 heavy (non-hydrogen) atoms. The number of rotatable bonds is 10. The van der Waals surface area contributed by atoms with Crippen LogP contribution in [0.2, 0.25) is 0 Å². The number of ketones is 1. The molecular weight excluding hydrogens is 284 g/mol. The van der Waals surface area contributed by atoms with Gasteiger partial charge in [0, 0.05) is 12.8 Å². The standard InChI is InChI=1S/C17H32O5/c1-3-4-5-6-7-8-9-10-13(18)11-14-16(20)17(21)15(19)12(2)22-14/h12,14-17,19-21H,3-11H2,1-2H3/t12-,14-,15-,16-,17+/m0/s1. The van der Waals surface area contributed by atoms with Gasteiger partial charge in [0.05, 0.1) is 12.2 Å². The molecule has 0 amide bonds. The van der Waals surface area contributed by atoms with Crippen LogP contribution in [0.25, 0.3) is 0 Å². The number of carbonyl (C=O) groups excluding carboxylic acids is 1. The Labute approximate surface area is 133 Å². The number of ether oxygens (including phenoxy) is 1. The van der Waals surface area contributed by atoms with Crippen molar-refractivity contribution in [2.45, 2.75) is 102 Å². The maximum atomic E-state index is 12.0. The maximum Gasteiger partial charge on any atom is 0.135 e. The molecule has 1 aliphatic heterocycles. The molecule has 3 N–H and O–H groups in total. The molecule has 1 aliphatic rings. The number of carbonyl (C=O) groups is 1. The molecule has 0 aromatic carbocycles. The van der Waals surface area contributed by atoms with E-state index in [1.165, 1.54) is 25.7 Å². The third-order valence-electron chi connectivity index (χ3n) is 4.44. The number of aliphatic hydroxyl groups is 3. The second kappa shape index (κ2) is 10.3. The van der Waals surface area contributed by atoms with Gasteiger partial charge in [0.25, 0.3) is 0 Å². The number of hydrogen-bond donors (Lipinski definition) is 3. The van der Waals surface area contributed by atoms with Crippen LogP contribution in [0.15, 0.2) is 0 Å². The fourth-order valence-electron chi connectivity index (χ4n) is 2.91. The average molecular weight is 316 g/mol. The van der Waals surface area contributed by atoms with Gasteiger partial charge in [0.15, 0.2) is 0 Å². The zero-order valence-electron chi connectivity index (χ0n) is 13.9. The first-order valence-electron chi connectivity index (χ1n) is 8.68. The van der Waals surface area contributed by atoms with Gasteiger partial charge in [-0.05, 0) is 13.3 Å². The molecule has 0 aliphatic carbocycles.